The third kappa shape index (κ3) is 10.6. The molecule has 4 heteroatoms. The molecule has 0 saturated heterocycles. The van der Waals surface area contributed by atoms with Crippen molar-refractivity contribution in [2.45, 2.75) is 32.6 Å². The summed E-state index contributed by atoms with van der Waals surface area (Å²) in [7, 11) is 0. The van der Waals surface area contributed by atoms with Gasteiger partial charge in [0.05, 0.1) is 0 Å². The molecule has 2 amide bonds. The number of rotatable bonds is 8. The highest BCUT2D eigenvalue weighted by atomic mass is 16.2. The minimum absolute atomic E-state index is 0.00118. The third-order valence-electron chi connectivity index (χ3n) is 1.90. The molecule has 86 valence electrons. The van der Waals surface area contributed by atoms with Crippen LogP contribution in [0.1, 0.15) is 32.6 Å². The summed E-state index contributed by atoms with van der Waals surface area (Å²) in [6, 6.07) is 0. The minimum atomic E-state index is -0.00118. The molecule has 0 spiro atoms. The van der Waals surface area contributed by atoms with Crippen molar-refractivity contribution < 1.29 is 9.59 Å². The fourth-order valence-corrected chi connectivity index (χ4v) is 1.13. The summed E-state index contributed by atoms with van der Waals surface area (Å²) in [5.74, 6) is 0.0631. The van der Waals surface area contributed by atoms with E-state index >= 15 is 0 Å². The molecule has 0 unspecified atom stereocenters. The summed E-state index contributed by atoms with van der Waals surface area (Å²) in [4.78, 5) is 21.6. The average Bonchev–Trinajstić information content (AvgIpc) is 2.19. The van der Waals surface area contributed by atoms with Crippen molar-refractivity contribution in [3.05, 3.63) is 12.7 Å². The van der Waals surface area contributed by atoms with Crippen LogP contribution in [0.5, 0.6) is 0 Å². The SMILES string of the molecule is C=CCNC(=O)CCCCCNC(C)=O. The molecule has 2 N–H and O–H groups in total. The van der Waals surface area contributed by atoms with Crippen molar-refractivity contribution in [3.63, 3.8) is 0 Å². The molecule has 0 fully saturated rings. The van der Waals surface area contributed by atoms with E-state index in [0.29, 0.717) is 19.5 Å². The van der Waals surface area contributed by atoms with Gasteiger partial charge in [-0.1, -0.05) is 12.5 Å². The normalized spacial score (nSPS) is 9.40. The molecule has 0 rings (SSSR count). The smallest absolute Gasteiger partial charge is 0.220 e. The Morgan fingerprint density at radius 3 is 2.53 bits per heavy atom. The number of amides is 2. The molecular formula is C11H20N2O2. The van der Waals surface area contributed by atoms with Crippen LogP contribution in [-0.2, 0) is 9.59 Å². The van der Waals surface area contributed by atoms with Gasteiger partial charge in [-0.15, -0.1) is 6.58 Å². The maximum Gasteiger partial charge on any atom is 0.220 e. The van der Waals surface area contributed by atoms with E-state index in [-0.39, 0.29) is 11.8 Å². The molecule has 0 aromatic rings. The van der Waals surface area contributed by atoms with Crippen molar-refractivity contribution in [1.82, 2.24) is 10.6 Å². The maximum absolute atomic E-state index is 11.1. The highest BCUT2D eigenvalue weighted by Crippen LogP contribution is 1.98. The molecule has 0 atom stereocenters. The largest absolute Gasteiger partial charge is 0.356 e. The fraction of sp³-hybridized carbons (Fsp3) is 0.636. The monoisotopic (exact) mass is 212 g/mol. The summed E-state index contributed by atoms with van der Waals surface area (Å²) >= 11 is 0. The van der Waals surface area contributed by atoms with Gasteiger partial charge in [0.1, 0.15) is 0 Å². The fourth-order valence-electron chi connectivity index (χ4n) is 1.13. The maximum atomic E-state index is 11.1. The Kier molecular flexibility index (Phi) is 8.43. The predicted octanol–water partition coefficient (Wildman–Crippen LogP) is 0.985. The Morgan fingerprint density at radius 1 is 1.20 bits per heavy atom. The van der Waals surface area contributed by atoms with E-state index in [9.17, 15) is 9.59 Å². The van der Waals surface area contributed by atoms with Gasteiger partial charge in [0, 0.05) is 26.4 Å². The topological polar surface area (TPSA) is 58.2 Å². The Hall–Kier alpha value is -1.32. The number of hydrogen-bond acceptors (Lipinski definition) is 2. The molecule has 0 aromatic carbocycles. The van der Waals surface area contributed by atoms with Crippen LogP contribution < -0.4 is 10.6 Å². The van der Waals surface area contributed by atoms with Gasteiger partial charge in [0.15, 0.2) is 0 Å². The lowest BCUT2D eigenvalue weighted by Gasteiger charge is -2.03. The number of hydrogen-bond donors (Lipinski definition) is 2. The van der Waals surface area contributed by atoms with Crippen LogP contribution in [0.15, 0.2) is 12.7 Å². The van der Waals surface area contributed by atoms with Crippen molar-refractivity contribution >= 4 is 11.8 Å². The van der Waals surface area contributed by atoms with Crippen LogP contribution in [0, 0.1) is 0 Å². The Labute approximate surface area is 91.1 Å². The zero-order chi connectivity index (χ0) is 11.5. The molecule has 0 aromatic heterocycles. The van der Waals surface area contributed by atoms with Crippen LogP contribution in [-0.4, -0.2) is 24.9 Å². The number of unbranched alkanes of at least 4 members (excludes halogenated alkanes) is 2. The first kappa shape index (κ1) is 13.7. The number of nitrogens with one attached hydrogen (secondary N) is 2. The molecule has 0 aliphatic heterocycles. The van der Waals surface area contributed by atoms with Crippen LogP contribution in [0.2, 0.25) is 0 Å². The number of carbonyl (C=O) groups is 2. The zero-order valence-corrected chi connectivity index (χ0v) is 9.34. The van der Waals surface area contributed by atoms with Gasteiger partial charge < -0.3 is 10.6 Å². The van der Waals surface area contributed by atoms with Gasteiger partial charge in [-0.25, -0.2) is 0 Å². The molecule has 0 heterocycles. The van der Waals surface area contributed by atoms with E-state index in [0.717, 1.165) is 19.3 Å². The van der Waals surface area contributed by atoms with Crippen LogP contribution in [0.4, 0.5) is 0 Å². The first-order valence-corrected chi connectivity index (χ1v) is 5.29. The van der Waals surface area contributed by atoms with Gasteiger partial charge in [-0.05, 0) is 12.8 Å². The Bertz CT molecular complexity index is 215. The van der Waals surface area contributed by atoms with Crippen LogP contribution >= 0.6 is 0 Å². The standard InChI is InChI=1S/C11H20N2O2/c1-3-8-13-11(15)7-5-4-6-9-12-10(2)14/h3H,1,4-9H2,2H3,(H,12,14)(H,13,15). The first-order valence-electron chi connectivity index (χ1n) is 5.29. The summed E-state index contributed by atoms with van der Waals surface area (Å²) < 4.78 is 0. The second-order valence-electron chi connectivity index (χ2n) is 3.39. The molecule has 0 aliphatic carbocycles. The van der Waals surface area contributed by atoms with Crippen molar-refractivity contribution in [2.75, 3.05) is 13.1 Å². The van der Waals surface area contributed by atoms with Crippen molar-refractivity contribution in [1.29, 1.82) is 0 Å². The molecule has 0 aliphatic rings. The van der Waals surface area contributed by atoms with Gasteiger partial charge >= 0.3 is 0 Å². The lowest BCUT2D eigenvalue weighted by Crippen LogP contribution is -2.23. The summed E-state index contributed by atoms with van der Waals surface area (Å²) in [6.45, 7) is 6.25. The highest BCUT2D eigenvalue weighted by Gasteiger charge is 1.98. The van der Waals surface area contributed by atoms with Gasteiger partial charge in [-0.3, -0.25) is 9.59 Å². The molecule has 15 heavy (non-hydrogen) atoms. The van der Waals surface area contributed by atoms with Crippen molar-refractivity contribution in [2.24, 2.45) is 0 Å². The zero-order valence-electron chi connectivity index (χ0n) is 9.34. The van der Waals surface area contributed by atoms with E-state index in [1.165, 1.54) is 6.92 Å². The molecule has 0 saturated carbocycles. The van der Waals surface area contributed by atoms with Crippen LogP contribution in [0.3, 0.4) is 0 Å². The Morgan fingerprint density at radius 2 is 1.93 bits per heavy atom. The number of carbonyl (C=O) groups excluding carboxylic acids is 2. The van der Waals surface area contributed by atoms with Gasteiger partial charge in [0.25, 0.3) is 0 Å². The predicted molar refractivity (Wildman–Crippen MR) is 60.4 cm³/mol. The molecule has 0 radical (unpaired) electrons. The van der Waals surface area contributed by atoms with Gasteiger partial charge in [-0.2, -0.15) is 0 Å². The van der Waals surface area contributed by atoms with E-state index in [1.54, 1.807) is 6.08 Å². The molecule has 0 bridgehead atoms. The van der Waals surface area contributed by atoms with Gasteiger partial charge in [0.2, 0.25) is 11.8 Å². The highest BCUT2D eigenvalue weighted by molar-refractivity contribution is 5.75. The summed E-state index contributed by atoms with van der Waals surface area (Å²) in [6.07, 6.45) is 4.96. The van der Waals surface area contributed by atoms with E-state index < -0.39 is 0 Å². The quantitative estimate of drug-likeness (QED) is 0.465. The average molecular weight is 212 g/mol. The van der Waals surface area contributed by atoms with Crippen LogP contribution in [0.25, 0.3) is 0 Å². The third-order valence-corrected chi connectivity index (χ3v) is 1.90. The minimum Gasteiger partial charge on any atom is -0.356 e. The molecule has 4 nitrogen and oxygen atoms in total. The first-order chi connectivity index (χ1) is 7.16. The van der Waals surface area contributed by atoms with E-state index in [1.807, 2.05) is 0 Å². The second-order valence-corrected chi connectivity index (χ2v) is 3.39. The lowest BCUT2D eigenvalue weighted by molar-refractivity contribution is -0.121. The van der Waals surface area contributed by atoms with Crippen molar-refractivity contribution in [3.8, 4) is 0 Å². The van der Waals surface area contributed by atoms with E-state index in [2.05, 4.69) is 17.2 Å². The molecular weight excluding hydrogens is 192 g/mol. The van der Waals surface area contributed by atoms with E-state index in [4.69, 9.17) is 0 Å². The summed E-state index contributed by atoms with van der Waals surface area (Å²) in [5.41, 5.74) is 0. The summed E-state index contributed by atoms with van der Waals surface area (Å²) in [5, 5.41) is 5.43. The Balaban J connectivity index is 3.19. The second kappa shape index (κ2) is 9.24. The lowest BCUT2D eigenvalue weighted by atomic mass is 10.2.